The summed E-state index contributed by atoms with van der Waals surface area (Å²) in [6, 6.07) is 6.83. The molecule has 1 unspecified atom stereocenters. The van der Waals surface area contributed by atoms with Crippen molar-refractivity contribution in [2.24, 2.45) is 5.92 Å². The number of hydrogen-bond acceptors (Lipinski definition) is 1. The van der Waals surface area contributed by atoms with Gasteiger partial charge in [-0.1, -0.05) is 28.1 Å². The van der Waals surface area contributed by atoms with Crippen LogP contribution >= 0.6 is 15.9 Å². The van der Waals surface area contributed by atoms with Gasteiger partial charge >= 0.3 is 0 Å². The van der Waals surface area contributed by atoms with Gasteiger partial charge in [-0.15, -0.1) is 0 Å². The first-order valence-electron chi connectivity index (χ1n) is 6.03. The summed E-state index contributed by atoms with van der Waals surface area (Å²) in [7, 11) is 0. The highest BCUT2D eigenvalue weighted by Crippen LogP contribution is 2.16. The molecule has 0 fully saturated rings. The lowest BCUT2D eigenvalue weighted by Crippen LogP contribution is -2.12. The molecule has 3 heteroatoms. The summed E-state index contributed by atoms with van der Waals surface area (Å²) in [5.41, 5.74) is 1.05. The maximum absolute atomic E-state index is 13.0. The Morgan fingerprint density at radius 2 is 2.12 bits per heavy atom. The quantitative estimate of drug-likeness (QED) is 0.686. The second kappa shape index (κ2) is 7.83. The van der Waals surface area contributed by atoms with Crippen LogP contribution in [-0.2, 0) is 11.2 Å². The largest absolute Gasteiger partial charge is 0.379 e. The molecule has 0 aliphatic carbocycles. The summed E-state index contributed by atoms with van der Waals surface area (Å²) >= 11 is 3.51. The van der Waals surface area contributed by atoms with Crippen LogP contribution < -0.4 is 0 Å². The van der Waals surface area contributed by atoms with Crippen molar-refractivity contribution in [2.45, 2.75) is 32.8 Å². The van der Waals surface area contributed by atoms with E-state index in [4.69, 9.17) is 4.74 Å². The molecule has 0 aliphatic rings. The van der Waals surface area contributed by atoms with Crippen LogP contribution in [0, 0.1) is 11.7 Å². The molecule has 0 spiro atoms. The zero-order valence-corrected chi connectivity index (χ0v) is 12.0. The number of hydrogen-bond donors (Lipinski definition) is 0. The topological polar surface area (TPSA) is 9.23 Å². The number of rotatable bonds is 7. The van der Waals surface area contributed by atoms with Crippen molar-refractivity contribution in [2.75, 3.05) is 11.9 Å². The molecule has 1 aromatic rings. The summed E-state index contributed by atoms with van der Waals surface area (Å²) < 4.78 is 18.6. The highest BCUT2D eigenvalue weighted by molar-refractivity contribution is 9.09. The van der Waals surface area contributed by atoms with E-state index in [0.29, 0.717) is 5.92 Å². The van der Waals surface area contributed by atoms with Gasteiger partial charge in [0.25, 0.3) is 0 Å². The number of alkyl halides is 1. The molecule has 0 saturated carbocycles. The van der Waals surface area contributed by atoms with E-state index in [1.165, 1.54) is 6.07 Å². The minimum Gasteiger partial charge on any atom is -0.379 e. The second-order valence-corrected chi connectivity index (χ2v) is 5.21. The van der Waals surface area contributed by atoms with E-state index in [2.05, 4.69) is 15.9 Å². The Hall–Kier alpha value is -0.410. The monoisotopic (exact) mass is 302 g/mol. The van der Waals surface area contributed by atoms with Crippen LogP contribution in [0.1, 0.15) is 25.8 Å². The molecule has 1 rings (SSSR count). The molecule has 1 aromatic carbocycles. The van der Waals surface area contributed by atoms with Gasteiger partial charge in [0.15, 0.2) is 0 Å². The van der Waals surface area contributed by atoms with Crippen LogP contribution in [0.4, 0.5) is 4.39 Å². The van der Waals surface area contributed by atoms with Gasteiger partial charge in [0.05, 0.1) is 6.10 Å². The third kappa shape index (κ3) is 6.18. The van der Waals surface area contributed by atoms with Gasteiger partial charge in [-0.05, 0) is 50.3 Å². The molecule has 0 amide bonds. The highest BCUT2D eigenvalue weighted by atomic mass is 79.9. The standard InChI is InChI=1S/C14H20BrFO/c1-11(2)17-7-6-13(10-15)8-12-4-3-5-14(16)9-12/h3-5,9,11,13H,6-8,10H2,1-2H3. The van der Waals surface area contributed by atoms with Gasteiger partial charge in [-0.2, -0.15) is 0 Å². The molecule has 1 atom stereocenters. The number of ether oxygens (including phenoxy) is 1. The van der Waals surface area contributed by atoms with Crippen molar-refractivity contribution in [3.63, 3.8) is 0 Å². The average molecular weight is 303 g/mol. The van der Waals surface area contributed by atoms with Gasteiger partial charge in [0.1, 0.15) is 5.82 Å². The first kappa shape index (κ1) is 14.7. The van der Waals surface area contributed by atoms with Gasteiger partial charge in [-0.25, -0.2) is 4.39 Å². The van der Waals surface area contributed by atoms with Crippen LogP contribution in [-0.4, -0.2) is 18.0 Å². The Bertz CT molecular complexity index is 328. The van der Waals surface area contributed by atoms with Crippen molar-refractivity contribution < 1.29 is 9.13 Å². The Morgan fingerprint density at radius 3 is 2.71 bits per heavy atom. The predicted octanol–water partition coefficient (Wildman–Crippen LogP) is 4.19. The molecule has 0 saturated heterocycles. The van der Waals surface area contributed by atoms with E-state index in [1.54, 1.807) is 12.1 Å². The molecule has 0 aromatic heterocycles. The molecule has 0 aliphatic heterocycles. The molecule has 0 bridgehead atoms. The molecular formula is C14H20BrFO. The zero-order valence-electron chi connectivity index (χ0n) is 10.5. The first-order valence-corrected chi connectivity index (χ1v) is 7.16. The zero-order chi connectivity index (χ0) is 12.7. The van der Waals surface area contributed by atoms with Crippen LogP contribution in [0.25, 0.3) is 0 Å². The smallest absolute Gasteiger partial charge is 0.123 e. The second-order valence-electron chi connectivity index (χ2n) is 4.56. The van der Waals surface area contributed by atoms with Crippen molar-refractivity contribution >= 4 is 15.9 Å². The summed E-state index contributed by atoms with van der Waals surface area (Å²) in [6.07, 6.45) is 2.17. The lowest BCUT2D eigenvalue weighted by molar-refractivity contribution is 0.0701. The van der Waals surface area contributed by atoms with Crippen LogP contribution in [0.2, 0.25) is 0 Å². The fourth-order valence-electron chi connectivity index (χ4n) is 1.70. The lowest BCUT2D eigenvalue weighted by Gasteiger charge is -2.15. The van der Waals surface area contributed by atoms with Crippen molar-refractivity contribution in [3.05, 3.63) is 35.6 Å². The Kier molecular flexibility index (Phi) is 6.75. The Balaban J connectivity index is 2.41. The maximum Gasteiger partial charge on any atom is 0.123 e. The predicted molar refractivity (Wildman–Crippen MR) is 73.1 cm³/mol. The highest BCUT2D eigenvalue weighted by Gasteiger charge is 2.09. The van der Waals surface area contributed by atoms with E-state index in [-0.39, 0.29) is 11.9 Å². The SMILES string of the molecule is CC(C)OCCC(CBr)Cc1cccc(F)c1. The normalized spacial score (nSPS) is 13.0. The molecular weight excluding hydrogens is 283 g/mol. The molecule has 0 N–H and O–H groups in total. The van der Waals surface area contributed by atoms with Crippen LogP contribution in [0.3, 0.4) is 0 Å². The third-order valence-corrected chi connectivity index (χ3v) is 3.52. The fourth-order valence-corrected chi connectivity index (χ4v) is 2.25. The first-order chi connectivity index (χ1) is 8.11. The van der Waals surface area contributed by atoms with Gasteiger partial charge in [-0.3, -0.25) is 0 Å². The van der Waals surface area contributed by atoms with Gasteiger partial charge in [0.2, 0.25) is 0 Å². The van der Waals surface area contributed by atoms with E-state index in [1.807, 2.05) is 19.9 Å². The molecule has 0 radical (unpaired) electrons. The fraction of sp³-hybridized carbons (Fsp3) is 0.571. The van der Waals surface area contributed by atoms with Gasteiger partial charge in [0, 0.05) is 11.9 Å². The number of halogens is 2. The minimum absolute atomic E-state index is 0.158. The van der Waals surface area contributed by atoms with Gasteiger partial charge < -0.3 is 4.74 Å². The van der Waals surface area contributed by atoms with Crippen molar-refractivity contribution in [1.82, 2.24) is 0 Å². The number of benzene rings is 1. The Morgan fingerprint density at radius 1 is 1.35 bits per heavy atom. The van der Waals surface area contributed by atoms with E-state index >= 15 is 0 Å². The maximum atomic E-state index is 13.0. The van der Waals surface area contributed by atoms with Crippen LogP contribution in [0.5, 0.6) is 0 Å². The molecule has 17 heavy (non-hydrogen) atoms. The van der Waals surface area contributed by atoms with Crippen molar-refractivity contribution in [3.8, 4) is 0 Å². The van der Waals surface area contributed by atoms with E-state index in [0.717, 1.165) is 30.3 Å². The summed E-state index contributed by atoms with van der Waals surface area (Å²) in [6.45, 7) is 4.84. The summed E-state index contributed by atoms with van der Waals surface area (Å²) in [4.78, 5) is 0. The van der Waals surface area contributed by atoms with E-state index in [9.17, 15) is 4.39 Å². The molecule has 1 nitrogen and oxygen atoms in total. The minimum atomic E-state index is -0.158. The molecule has 0 heterocycles. The summed E-state index contributed by atoms with van der Waals surface area (Å²) in [5.74, 6) is 0.338. The lowest BCUT2D eigenvalue weighted by atomic mass is 9.98. The Labute approximate surface area is 111 Å². The third-order valence-electron chi connectivity index (χ3n) is 2.61. The summed E-state index contributed by atoms with van der Waals surface area (Å²) in [5, 5.41) is 0.922. The van der Waals surface area contributed by atoms with Crippen LogP contribution in [0.15, 0.2) is 24.3 Å². The van der Waals surface area contributed by atoms with Crippen molar-refractivity contribution in [1.29, 1.82) is 0 Å². The molecule has 96 valence electrons. The van der Waals surface area contributed by atoms with E-state index < -0.39 is 0 Å². The average Bonchev–Trinajstić information content (AvgIpc) is 2.27.